The number of aliphatic hydroxyl groups excluding tert-OH is 6. The molecule has 3 saturated carbocycles. The monoisotopic (exact) mass is 598 g/mol. The molecule has 5 rings (SSSR count). The molecule has 0 bridgehead atoms. The van der Waals surface area contributed by atoms with Gasteiger partial charge in [0.1, 0.15) is 30.0 Å². The smallest absolute Gasteiger partial charge is 0.306 e. The molecule has 1 saturated heterocycles. The quantitative estimate of drug-likeness (QED) is 0.242. The van der Waals surface area contributed by atoms with Crippen LogP contribution in [0.25, 0.3) is 0 Å². The molecular weight excluding hydrogens is 552 g/mol. The summed E-state index contributed by atoms with van der Waals surface area (Å²) in [6.45, 7) is 4.96. The maximum Gasteiger partial charge on any atom is 0.306 e. The Kier molecular flexibility index (Phi) is 9.80. The summed E-state index contributed by atoms with van der Waals surface area (Å²) in [5.74, 6) is 1.67. The highest BCUT2D eigenvalue weighted by Gasteiger charge is 2.68. The maximum absolute atomic E-state index is 12.2. The second-order valence-corrected chi connectivity index (χ2v) is 14.6. The zero-order valence-corrected chi connectivity index (χ0v) is 25.0. The summed E-state index contributed by atoms with van der Waals surface area (Å²) in [5, 5.41) is 52.6. The zero-order chi connectivity index (χ0) is 30.3. The third kappa shape index (κ3) is 5.80. The van der Waals surface area contributed by atoms with Crippen LogP contribution in [0.1, 0.15) is 78.6 Å². The number of ketones is 1. The van der Waals surface area contributed by atoms with Gasteiger partial charge in [-0.25, -0.2) is 0 Å². The van der Waals surface area contributed by atoms with E-state index >= 15 is 0 Å². The number of carbonyl (C=O) groups is 3. The fourth-order valence-corrected chi connectivity index (χ4v) is 10.0. The lowest BCUT2D eigenvalue weighted by Crippen LogP contribution is -2.57. The van der Waals surface area contributed by atoms with E-state index in [1.54, 1.807) is 6.92 Å². The second kappa shape index (κ2) is 12.3. The predicted molar refractivity (Wildman–Crippen MR) is 150 cm³/mol. The van der Waals surface area contributed by atoms with Gasteiger partial charge in [-0.1, -0.05) is 31.2 Å². The van der Waals surface area contributed by atoms with Crippen LogP contribution in [-0.2, 0) is 19.1 Å². The molecule has 0 unspecified atom stereocenters. The van der Waals surface area contributed by atoms with E-state index in [0.29, 0.717) is 30.6 Å². The van der Waals surface area contributed by atoms with Gasteiger partial charge >= 0.3 is 5.97 Å². The van der Waals surface area contributed by atoms with Gasteiger partial charge in [0.15, 0.2) is 10.9 Å². The van der Waals surface area contributed by atoms with Crippen molar-refractivity contribution in [1.29, 1.82) is 0 Å². The molecule has 41 heavy (non-hydrogen) atoms. The van der Waals surface area contributed by atoms with Crippen LogP contribution >= 0.6 is 11.8 Å². The van der Waals surface area contributed by atoms with Crippen LogP contribution in [0.2, 0.25) is 0 Å². The van der Waals surface area contributed by atoms with Crippen LogP contribution in [0.15, 0.2) is 11.6 Å². The molecule has 4 aliphatic carbocycles. The number of allylic oxidation sites excluding steroid dienone is 1. The lowest BCUT2D eigenvalue weighted by atomic mass is 9.46. The molecular formula is C30H46O10S. The molecule has 11 heteroatoms. The van der Waals surface area contributed by atoms with E-state index in [-0.39, 0.29) is 38.5 Å². The van der Waals surface area contributed by atoms with E-state index in [4.69, 9.17) is 35.4 Å². The van der Waals surface area contributed by atoms with Crippen molar-refractivity contribution in [3.8, 4) is 0 Å². The molecule has 232 valence electrons. The van der Waals surface area contributed by atoms with Crippen molar-refractivity contribution in [2.45, 2.75) is 114 Å². The van der Waals surface area contributed by atoms with Gasteiger partial charge in [0.2, 0.25) is 0 Å². The van der Waals surface area contributed by atoms with Crippen LogP contribution in [0.5, 0.6) is 0 Å². The SMILES string of the molecule is CC(=O)S[C@@H]1CC2=CC(=O)CC[C@]2(C)[C@H]2CC[C@@]3(C)[C@@H](CC[C@@]34CCC(=O)O4)[C@H]12.OC[C@@H](O)[C@@H](O)[C@H](O)[C@H](O)CO. The largest absolute Gasteiger partial charge is 0.458 e. The Morgan fingerprint density at radius 1 is 0.951 bits per heavy atom. The van der Waals surface area contributed by atoms with Crippen LogP contribution in [0.4, 0.5) is 0 Å². The minimum Gasteiger partial charge on any atom is -0.458 e. The molecule has 5 aliphatic rings. The van der Waals surface area contributed by atoms with Gasteiger partial charge in [-0.3, -0.25) is 14.4 Å². The van der Waals surface area contributed by atoms with Crippen molar-refractivity contribution in [2.75, 3.05) is 13.2 Å². The van der Waals surface area contributed by atoms with Gasteiger partial charge in [0, 0.05) is 30.4 Å². The molecule has 1 heterocycles. The molecule has 0 aromatic heterocycles. The molecule has 0 aromatic carbocycles. The Hall–Kier alpha value is -1.34. The summed E-state index contributed by atoms with van der Waals surface area (Å²) in [6.07, 6.45) is 3.63. The predicted octanol–water partition coefficient (Wildman–Crippen LogP) is 1.27. The normalized spacial score (nSPS) is 40.7. The third-order valence-corrected chi connectivity index (χ3v) is 12.2. The number of rotatable bonds is 6. The fraction of sp³-hybridized carbons (Fsp3) is 0.833. The molecule has 10 nitrogen and oxygen atoms in total. The Morgan fingerprint density at radius 3 is 2.10 bits per heavy atom. The first-order valence-electron chi connectivity index (χ1n) is 14.8. The van der Waals surface area contributed by atoms with Crippen molar-refractivity contribution in [1.82, 2.24) is 0 Å². The molecule has 4 fully saturated rings. The first-order valence-corrected chi connectivity index (χ1v) is 15.7. The average molecular weight is 599 g/mol. The number of esters is 1. The van der Waals surface area contributed by atoms with Gasteiger partial charge in [-0.05, 0) is 74.2 Å². The van der Waals surface area contributed by atoms with E-state index in [1.807, 2.05) is 6.08 Å². The second-order valence-electron chi connectivity index (χ2n) is 13.1. The van der Waals surface area contributed by atoms with Gasteiger partial charge in [0.05, 0.1) is 13.2 Å². The maximum atomic E-state index is 12.2. The van der Waals surface area contributed by atoms with Crippen molar-refractivity contribution >= 4 is 28.6 Å². The van der Waals surface area contributed by atoms with Gasteiger partial charge in [0.25, 0.3) is 0 Å². The summed E-state index contributed by atoms with van der Waals surface area (Å²) in [6, 6.07) is 0. The first-order chi connectivity index (χ1) is 19.2. The minimum absolute atomic E-state index is 0.0119. The average Bonchev–Trinajstić information content (AvgIpc) is 3.46. The summed E-state index contributed by atoms with van der Waals surface area (Å²) >= 11 is 1.50. The van der Waals surface area contributed by atoms with Crippen LogP contribution in [0, 0.1) is 28.6 Å². The van der Waals surface area contributed by atoms with E-state index in [2.05, 4.69) is 13.8 Å². The van der Waals surface area contributed by atoms with Crippen molar-refractivity contribution in [2.24, 2.45) is 28.6 Å². The molecule has 0 radical (unpaired) electrons. The fourth-order valence-electron chi connectivity index (χ4n) is 8.80. The van der Waals surface area contributed by atoms with Crippen molar-refractivity contribution in [3.05, 3.63) is 11.6 Å². The highest BCUT2D eigenvalue weighted by Crippen LogP contribution is 2.70. The zero-order valence-electron chi connectivity index (χ0n) is 24.2. The summed E-state index contributed by atoms with van der Waals surface area (Å²) in [7, 11) is 0. The van der Waals surface area contributed by atoms with Gasteiger partial charge in [-0.2, -0.15) is 0 Å². The number of hydrogen-bond donors (Lipinski definition) is 6. The Bertz CT molecular complexity index is 1030. The summed E-state index contributed by atoms with van der Waals surface area (Å²) < 4.78 is 6.06. The number of ether oxygens (including phenoxy) is 1. The summed E-state index contributed by atoms with van der Waals surface area (Å²) in [4.78, 5) is 36.4. The van der Waals surface area contributed by atoms with E-state index in [9.17, 15) is 14.4 Å². The molecule has 6 N–H and O–H groups in total. The molecule has 0 aromatic rings. The van der Waals surface area contributed by atoms with Crippen LogP contribution in [-0.4, -0.2) is 96.0 Å². The van der Waals surface area contributed by atoms with Gasteiger partial charge < -0.3 is 35.4 Å². The third-order valence-electron chi connectivity index (χ3n) is 11.1. The van der Waals surface area contributed by atoms with E-state index in [0.717, 1.165) is 44.9 Å². The molecule has 1 aliphatic heterocycles. The van der Waals surface area contributed by atoms with Crippen molar-refractivity contribution in [3.63, 3.8) is 0 Å². The number of carbonyl (C=O) groups excluding carboxylic acids is 3. The lowest BCUT2D eigenvalue weighted by Gasteiger charge is -2.61. The lowest BCUT2D eigenvalue weighted by molar-refractivity contribution is -0.167. The number of hydrogen-bond acceptors (Lipinski definition) is 11. The number of thioether (sulfide) groups is 1. The van der Waals surface area contributed by atoms with Crippen molar-refractivity contribution < 1.29 is 49.8 Å². The highest BCUT2D eigenvalue weighted by molar-refractivity contribution is 8.14. The standard InChI is InChI=1S/C24H32O4S.C6H14O6/c1-14(25)29-19-13-15-12-16(26)4-8-22(15,2)17-5-9-23(3)18(21(17)19)6-10-24(23)11-7-20(27)28-24;7-1-3(9)5(11)6(12)4(10)2-8/h12,17-19,21H,4-11,13H2,1-3H3;3-12H,1-2H2/t17-,18-,19+,21+,22-,23-,24+;3-,4-,5-,6-/m01/s1. The minimum atomic E-state index is -1.67. The number of fused-ring (bicyclic) bond motifs is 6. The number of aliphatic hydroxyl groups is 6. The van der Waals surface area contributed by atoms with E-state index < -0.39 is 37.6 Å². The Morgan fingerprint density at radius 2 is 1.56 bits per heavy atom. The van der Waals surface area contributed by atoms with E-state index in [1.165, 1.54) is 17.3 Å². The first kappa shape index (κ1) is 32.6. The Balaban J connectivity index is 0.000000275. The molecule has 0 amide bonds. The molecule has 11 atom stereocenters. The van der Waals surface area contributed by atoms with Crippen LogP contribution < -0.4 is 0 Å². The van der Waals surface area contributed by atoms with Crippen LogP contribution in [0.3, 0.4) is 0 Å². The highest BCUT2D eigenvalue weighted by atomic mass is 32.2. The summed E-state index contributed by atoms with van der Waals surface area (Å²) in [5.41, 5.74) is 1.09. The Labute approximate surface area is 245 Å². The van der Waals surface area contributed by atoms with Gasteiger partial charge in [-0.15, -0.1) is 0 Å². The molecule has 1 spiro atoms. The topological polar surface area (TPSA) is 182 Å².